The fourth-order valence-corrected chi connectivity index (χ4v) is 3.67. The highest BCUT2D eigenvalue weighted by Gasteiger charge is 2.31. The van der Waals surface area contributed by atoms with Crippen LogP contribution < -0.4 is 21.9 Å². The predicted octanol–water partition coefficient (Wildman–Crippen LogP) is 3.76. The number of allylic oxidation sites excluding steroid dienone is 1. The summed E-state index contributed by atoms with van der Waals surface area (Å²) in [5.41, 5.74) is 7.08. The third kappa shape index (κ3) is 5.56. The maximum absolute atomic E-state index is 13.7. The summed E-state index contributed by atoms with van der Waals surface area (Å²) in [5, 5.41) is 4.20. The summed E-state index contributed by atoms with van der Waals surface area (Å²) in [6.07, 6.45) is -0.705. The molecule has 0 saturated heterocycles. The Hall–Kier alpha value is -3.14. The normalized spacial score (nSPS) is 16.8. The average Bonchev–Trinajstić information content (AvgIpc) is 2.74. The maximum Gasteiger partial charge on any atom is 0.416 e. The lowest BCUT2D eigenvalue weighted by Gasteiger charge is -2.31. The van der Waals surface area contributed by atoms with E-state index in [1.54, 1.807) is 19.1 Å². The number of nitrogens with one attached hydrogen (secondary N) is 1. The Kier molecular flexibility index (Phi) is 7.02. The van der Waals surface area contributed by atoms with Crippen molar-refractivity contribution in [2.45, 2.75) is 51.2 Å². The van der Waals surface area contributed by atoms with Crippen molar-refractivity contribution < 1.29 is 22.4 Å². The second kappa shape index (κ2) is 9.56. The number of rotatable bonds is 6. The first-order valence-electron chi connectivity index (χ1n) is 10.2. The van der Waals surface area contributed by atoms with Crippen molar-refractivity contribution in [2.24, 2.45) is 11.6 Å². The van der Waals surface area contributed by atoms with Gasteiger partial charge in [0.25, 0.3) is 0 Å². The van der Waals surface area contributed by atoms with Gasteiger partial charge in [0.2, 0.25) is 5.91 Å². The van der Waals surface area contributed by atoms with Crippen LogP contribution in [-0.2, 0) is 17.4 Å². The smallest absolute Gasteiger partial charge is 0.399 e. The first-order valence-corrected chi connectivity index (χ1v) is 10.2. The van der Waals surface area contributed by atoms with Gasteiger partial charge >= 0.3 is 6.18 Å². The molecule has 0 spiro atoms. The van der Waals surface area contributed by atoms with Crippen molar-refractivity contribution in [3.05, 3.63) is 70.4 Å². The van der Waals surface area contributed by atoms with Crippen LogP contribution in [0.3, 0.4) is 0 Å². The maximum atomic E-state index is 13.7. The van der Waals surface area contributed by atoms with Crippen LogP contribution in [0.1, 0.15) is 49.3 Å². The van der Waals surface area contributed by atoms with Crippen LogP contribution in [0.15, 0.2) is 47.9 Å². The molecule has 0 saturated carbocycles. The number of alkyl halides is 3. The number of carbonyl (C=O) groups is 1. The SMILES string of the molecule is CCC(=O)NC1CCCC(N(N)c2cc(Cc3cc(F)cc(C(F)(F)F)c3)ccn2)=C1N. The van der Waals surface area contributed by atoms with Gasteiger partial charge in [0.15, 0.2) is 0 Å². The molecule has 1 unspecified atom stereocenters. The lowest BCUT2D eigenvalue weighted by atomic mass is 9.96. The second-order valence-corrected chi connectivity index (χ2v) is 7.68. The van der Waals surface area contributed by atoms with Gasteiger partial charge < -0.3 is 11.1 Å². The van der Waals surface area contributed by atoms with E-state index in [0.29, 0.717) is 48.1 Å². The van der Waals surface area contributed by atoms with Crippen molar-refractivity contribution in [2.75, 3.05) is 5.01 Å². The van der Waals surface area contributed by atoms with E-state index >= 15 is 0 Å². The lowest BCUT2D eigenvalue weighted by Crippen LogP contribution is -2.44. The molecule has 1 aromatic heterocycles. The minimum Gasteiger partial charge on any atom is -0.399 e. The van der Waals surface area contributed by atoms with Gasteiger partial charge in [-0.3, -0.25) is 9.80 Å². The van der Waals surface area contributed by atoms with Crippen molar-refractivity contribution >= 4 is 11.7 Å². The molecule has 0 bridgehead atoms. The summed E-state index contributed by atoms with van der Waals surface area (Å²) < 4.78 is 52.7. The Labute approximate surface area is 183 Å². The van der Waals surface area contributed by atoms with Crippen LogP contribution in [0, 0.1) is 5.82 Å². The number of aromatic nitrogens is 1. The van der Waals surface area contributed by atoms with E-state index in [1.807, 2.05) is 0 Å². The standard InChI is InChI=1S/C22H25F4N5O/c1-2-20(32)30-17-4-3-5-18(21(17)27)31(28)19-11-13(6-7-29-19)8-14-9-15(22(24,25)26)12-16(23)10-14/h6-7,9-12,17H,2-5,8,27-28H2,1H3,(H,30,32). The van der Waals surface area contributed by atoms with Crippen LogP contribution in [0.2, 0.25) is 0 Å². The zero-order valence-electron chi connectivity index (χ0n) is 17.5. The molecule has 1 aliphatic carbocycles. The number of carbonyl (C=O) groups excluding carboxylic acids is 1. The molecular formula is C22H25F4N5O. The number of anilines is 1. The summed E-state index contributed by atoms with van der Waals surface area (Å²) in [5.74, 6) is 5.54. The molecule has 1 aromatic carbocycles. The minimum absolute atomic E-state index is 0.0634. The third-order valence-electron chi connectivity index (χ3n) is 5.31. The number of pyridine rings is 1. The fourth-order valence-electron chi connectivity index (χ4n) is 3.67. The van der Waals surface area contributed by atoms with Crippen molar-refractivity contribution in [3.8, 4) is 0 Å². The van der Waals surface area contributed by atoms with Crippen molar-refractivity contribution in [3.63, 3.8) is 0 Å². The van der Waals surface area contributed by atoms with E-state index in [9.17, 15) is 22.4 Å². The Balaban J connectivity index is 1.84. The highest BCUT2D eigenvalue weighted by Crippen LogP contribution is 2.31. The molecule has 2 aromatic rings. The van der Waals surface area contributed by atoms with Gasteiger partial charge in [0.05, 0.1) is 23.0 Å². The molecule has 0 radical (unpaired) electrons. The molecule has 172 valence electrons. The number of nitrogens with zero attached hydrogens (tertiary/aromatic N) is 2. The first-order chi connectivity index (χ1) is 15.1. The van der Waals surface area contributed by atoms with Gasteiger partial charge in [-0.2, -0.15) is 13.2 Å². The number of hydrazine groups is 1. The zero-order chi connectivity index (χ0) is 23.5. The van der Waals surface area contributed by atoms with E-state index in [2.05, 4.69) is 10.3 Å². The van der Waals surface area contributed by atoms with Crippen molar-refractivity contribution in [1.82, 2.24) is 10.3 Å². The molecule has 1 amide bonds. The summed E-state index contributed by atoms with van der Waals surface area (Å²) in [7, 11) is 0. The number of amides is 1. The van der Waals surface area contributed by atoms with Crippen LogP contribution in [0.25, 0.3) is 0 Å². The Morgan fingerprint density at radius 2 is 2.00 bits per heavy atom. The van der Waals surface area contributed by atoms with Gasteiger partial charge in [0.1, 0.15) is 11.6 Å². The molecule has 6 nitrogen and oxygen atoms in total. The van der Waals surface area contributed by atoms with Gasteiger partial charge in [-0.05, 0) is 67.1 Å². The molecule has 0 fully saturated rings. The summed E-state index contributed by atoms with van der Waals surface area (Å²) in [4.78, 5) is 16.0. The molecular weight excluding hydrogens is 426 g/mol. The summed E-state index contributed by atoms with van der Waals surface area (Å²) in [6, 6.07) is 5.37. The van der Waals surface area contributed by atoms with E-state index in [0.717, 1.165) is 18.6 Å². The molecule has 0 aliphatic heterocycles. The largest absolute Gasteiger partial charge is 0.416 e. The number of benzene rings is 1. The van der Waals surface area contributed by atoms with Gasteiger partial charge in [-0.1, -0.05) is 6.92 Å². The quantitative estimate of drug-likeness (QED) is 0.353. The third-order valence-corrected chi connectivity index (χ3v) is 5.31. The second-order valence-electron chi connectivity index (χ2n) is 7.68. The number of nitrogens with two attached hydrogens (primary N) is 2. The highest BCUT2D eigenvalue weighted by molar-refractivity contribution is 5.76. The van der Waals surface area contributed by atoms with Crippen LogP contribution in [0.5, 0.6) is 0 Å². The van der Waals surface area contributed by atoms with Gasteiger partial charge in [-0.25, -0.2) is 15.2 Å². The molecule has 1 heterocycles. The van der Waals surface area contributed by atoms with E-state index in [1.165, 1.54) is 11.2 Å². The fraction of sp³-hybridized carbons (Fsp3) is 0.364. The monoisotopic (exact) mass is 451 g/mol. The zero-order valence-corrected chi connectivity index (χ0v) is 17.5. The van der Waals surface area contributed by atoms with Crippen LogP contribution in [-0.4, -0.2) is 16.9 Å². The lowest BCUT2D eigenvalue weighted by molar-refractivity contribution is -0.137. The van der Waals surface area contributed by atoms with E-state index in [-0.39, 0.29) is 23.9 Å². The van der Waals surface area contributed by atoms with E-state index in [4.69, 9.17) is 11.6 Å². The molecule has 1 aliphatic rings. The number of hydrogen-bond donors (Lipinski definition) is 3. The number of halogens is 4. The van der Waals surface area contributed by atoms with Gasteiger partial charge in [-0.15, -0.1) is 0 Å². The van der Waals surface area contributed by atoms with Crippen LogP contribution >= 0.6 is 0 Å². The Morgan fingerprint density at radius 3 is 2.69 bits per heavy atom. The molecule has 5 N–H and O–H groups in total. The van der Waals surface area contributed by atoms with E-state index < -0.39 is 17.6 Å². The summed E-state index contributed by atoms with van der Waals surface area (Å²) >= 11 is 0. The van der Waals surface area contributed by atoms with Gasteiger partial charge in [0, 0.05) is 12.6 Å². The highest BCUT2D eigenvalue weighted by atomic mass is 19.4. The Bertz CT molecular complexity index is 1020. The molecule has 1 atom stereocenters. The van der Waals surface area contributed by atoms with Crippen molar-refractivity contribution in [1.29, 1.82) is 0 Å². The average molecular weight is 451 g/mol. The first kappa shape index (κ1) is 23.5. The molecule has 32 heavy (non-hydrogen) atoms. The Morgan fingerprint density at radius 1 is 1.25 bits per heavy atom. The predicted molar refractivity (Wildman–Crippen MR) is 112 cm³/mol. The molecule has 3 rings (SSSR count). The molecule has 10 heteroatoms. The number of hydrogen-bond acceptors (Lipinski definition) is 5. The van der Waals surface area contributed by atoms with Crippen LogP contribution in [0.4, 0.5) is 23.4 Å². The topological polar surface area (TPSA) is 97.3 Å². The minimum atomic E-state index is -4.64. The summed E-state index contributed by atoms with van der Waals surface area (Å²) in [6.45, 7) is 1.75.